The molecule has 1 unspecified atom stereocenters. The lowest BCUT2D eigenvalue weighted by Crippen LogP contribution is -2.00. The molecule has 4 nitrogen and oxygen atoms in total. The molecular weight excluding hydrogens is 254 g/mol. The van der Waals surface area contributed by atoms with E-state index in [2.05, 4.69) is 5.16 Å². The summed E-state index contributed by atoms with van der Waals surface area (Å²) >= 11 is 5.89. The van der Waals surface area contributed by atoms with E-state index in [-0.39, 0.29) is 6.61 Å². The predicted molar refractivity (Wildman–Crippen MR) is 67.7 cm³/mol. The number of aliphatic hydroxyl groups excluding tert-OH is 1. The minimum absolute atomic E-state index is 0.266. The van der Waals surface area contributed by atoms with Gasteiger partial charge < -0.3 is 14.4 Å². The van der Waals surface area contributed by atoms with Crippen LogP contribution in [0, 0.1) is 6.92 Å². The SMILES string of the molecule is Cc1cc(COc2ccc(Cl)cc2C(C)O)on1. The normalized spacial score (nSPS) is 12.4. The molecule has 0 amide bonds. The fourth-order valence-corrected chi connectivity index (χ4v) is 1.79. The quantitative estimate of drug-likeness (QED) is 0.924. The molecular formula is C13H14ClNO3. The van der Waals surface area contributed by atoms with Crippen molar-refractivity contribution in [2.75, 3.05) is 0 Å². The summed E-state index contributed by atoms with van der Waals surface area (Å²) in [6.45, 7) is 3.77. The molecule has 96 valence electrons. The van der Waals surface area contributed by atoms with Crippen LogP contribution in [-0.4, -0.2) is 10.3 Å². The Balaban J connectivity index is 2.13. The smallest absolute Gasteiger partial charge is 0.174 e. The second-order valence-electron chi connectivity index (χ2n) is 4.08. The maximum Gasteiger partial charge on any atom is 0.174 e. The van der Waals surface area contributed by atoms with E-state index in [4.69, 9.17) is 20.9 Å². The molecule has 0 aliphatic carbocycles. The number of nitrogens with zero attached hydrogens (tertiary/aromatic N) is 1. The molecule has 0 aliphatic heterocycles. The van der Waals surface area contributed by atoms with E-state index in [9.17, 15) is 5.11 Å². The van der Waals surface area contributed by atoms with E-state index >= 15 is 0 Å². The Morgan fingerprint density at radius 2 is 2.22 bits per heavy atom. The van der Waals surface area contributed by atoms with Gasteiger partial charge in [0.15, 0.2) is 5.76 Å². The number of aryl methyl sites for hydroxylation is 1. The zero-order valence-electron chi connectivity index (χ0n) is 10.2. The van der Waals surface area contributed by atoms with Crippen molar-refractivity contribution in [3.05, 3.63) is 46.3 Å². The first kappa shape index (κ1) is 12.9. The summed E-state index contributed by atoms with van der Waals surface area (Å²) in [6.07, 6.45) is -0.643. The first-order valence-corrected chi connectivity index (χ1v) is 5.96. The molecule has 1 atom stereocenters. The van der Waals surface area contributed by atoms with Crippen LogP contribution in [0.25, 0.3) is 0 Å². The van der Waals surface area contributed by atoms with Crippen molar-refractivity contribution in [3.8, 4) is 5.75 Å². The second-order valence-corrected chi connectivity index (χ2v) is 4.52. The van der Waals surface area contributed by atoms with Crippen LogP contribution in [-0.2, 0) is 6.61 Å². The molecule has 0 radical (unpaired) electrons. The van der Waals surface area contributed by atoms with Gasteiger partial charge in [-0.2, -0.15) is 0 Å². The number of hydrogen-bond donors (Lipinski definition) is 1. The molecule has 1 aromatic carbocycles. The Hall–Kier alpha value is -1.52. The van der Waals surface area contributed by atoms with Crippen LogP contribution < -0.4 is 4.74 Å². The Morgan fingerprint density at radius 1 is 1.44 bits per heavy atom. The Morgan fingerprint density at radius 3 is 2.83 bits per heavy atom. The van der Waals surface area contributed by atoms with Gasteiger partial charge in [0, 0.05) is 16.7 Å². The van der Waals surface area contributed by atoms with Gasteiger partial charge in [-0.25, -0.2) is 0 Å². The molecule has 0 bridgehead atoms. The number of hydrogen-bond acceptors (Lipinski definition) is 4. The van der Waals surface area contributed by atoms with Gasteiger partial charge in [-0.05, 0) is 32.0 Å². The number of aliphatic hydroxyl groups is 1. The average Bonchev–Trinajstić information content (AvgIpc) is 2.73. The van der Waals surface area contributed by atoms with Crippen molar-refractivity contribution in [1.82, 2.24) is 5.16 Å². The van der Waals surface area contributed by atoms with E-state index in [0.29, 0.717) is 22.1 Å². The van der Waals surface area contributed by atoms with Crippen LogP contribution in [0.1, 0.15) is 30.0 Å². The molecule has 2 rings (SSSR count). The molecule has 5 heteroatoms. The van der Waals surface area contributed by atoms with Gasteiger partial charge in [-0.1, -0.05) is 16.8 Å². The van der Waals surface area contributed by atoms with Crippen molar-refractivity contribution in [1.29, 1.82) is 0 Å². The monoisotopic (exact) mass is 267 g/mol. The molecule has 18 heavy (non-hydrogen) atoms. The van der Waals surface area contributed by atoms with Crippen LogP contribution in [0.15, 0.2) is 28.8 Å². The van der Waals surface area contributed by atoms with Gasteiger partial charge in [0.25, 0.3) is 0 Å². The van der Waals surface area contributed by atoms with Crippen molar-refractivity contribution >= 4 is 11.6 Å². The molecule has 0 saturated heterocycles. The highest BCUT2D eigenvalue weighted by Gasteiger charge is 2.11. The summed E-state index contributed by atoms with van der Waals surface area (Å²) in [4.78, 5) is 0. The summed E-state index contributed by atoms with van der Waals surface area (Å²) in [5.74, 6) is 1.22. The third kappa shape index (κ3) is 3.03. The van der Waals surface area contributed by atoms with E-state index < -0.39 is 6.10 Å². The fourth-order valence-electron chi connectivity index (χ4n) is 1.61. The van der Waals surface area contributed by atoms with Crippen LogP contribution >= 0.6 is 11.6 Å². The first-order valence-electron chi connectivity index (χ1n) is 5.59. The van der Waals surface area contributed by atoms with Crippen molar-refractivity contribution in [2.45, 2.75) is 26.6 Å². The van der Waals surface area contributed by atoms with Gasteiger partial charge in [0.05, 0.1) is 11.8 Å². The number of ether oxygens (including phenoxy) is 1. The Bertz CT molecular complexity index is 537. The Kier molecular flexibility index (Phi) is 3.89. The average molecular weight is 268 g/mol. The summed E-state index contributed by atoms with van der Waals surface area (Å²) in [6, 6.07) is 6.94. The number of halogens is 1. The molecule has 0 saturated carbocycles. The number of benzene rings is 1. The van der Waals surface area contributed by atoms with E-state index in [0.717, 1.165) is 5.69 Å². The standard InChI is InChI=1S/C13H14ClNO3/c1-8-5-11(18-15-8)7-17-13-4-3-10(14)6-12(13)9(2)16/h3-6,9,16H,7H2,1-2H3. The van der Waals surface area contributed by atoms with Gasteiger partial charge in [-0.15, -0.1) is 0 Å². The summed E-state index contributed by atoms with van der Waals surface area (Å²) in [5, 5.41) is 14.0. The van der Waals surface area contributed by atoms with Crippen molar-refractivity contribution < 1.29 is 14.4 Å². The van der Waals surface area contributed by atoms with Crippen molar-refractivity contribution in [3.63, 3.8) is 0 Å². The molecule has 1 N–H and O–H groups in total. The fraction of sp³-hybridized carbons (Fsp3) is 0.308. The minimum Gasteiger partial charge on any atom is -0.485 e. The lowest BCUT2D eigenvalue weighted by Gasteiger charge is -2.12. The molecule has 0 aliphatic rings. The summed E-state index contributed by atoms with van der Waals surface area (Å²) in [7, 11) is 0. The maximum atomic E-state index is 9.66. The molecule has 0 spiro atoms. The largest absolute Gasteiger partial charge is 0.485 e. The second kappa shape index (κ2) is 5.42. The van der Waals surface area contributed by atoms with E-state index in [1.165, 1.54) is 0 Å². The molecule has 2 aromatic rings. The van der Waals surface area contributed by atoms with Gasteiger partial charge >= 0.3 is 0 Å². The summed E-state index contributed by atoms with van der Waals surface area (Å²) in [5.41, 5.74) is 1.46. The minimum atomic E-state index is -0.643. The zero-order valence-corrected chi connectivity index (χ0v) is 10.9. The van der Waals surface area contributed by atoms with Crippen LogP contribution in [0.5, 0.6) is 5.75 Å². The highest BCUT2D eigenvalue weighted by molar-refractivity contribution is 6.30. The first-order chi connectivity index (χ1) is 8.56. The van der Waals surface area contributed by atoms with Gasteiger partial charge in [0.1, 0.15) is 12.4 Å². The van der Waals surface area contributed by atoms with Gasteiger partial charge in [0.2, 0.25) is 0 Å². The highest BCUT2D eigenvalue weighted by atomic mass is 35.5. The van der Waals surface area contributed by atoms with Crippen LogP contribution in [0.2, 0.25) is 5.02 Å². The van der Waals surface area contributed by atoms with Crippen LogP contribution in [0.4, 0.5) is 0 Å². The zero-order chi connectivity index (χ0) is 13.1. The highest BCUT2D eigenvalue weighted by Crippen LogP contribution is 2.28. The number of rotatable bonds is 4. The molecule has 0 fully saturated rings. The summed E-state index contributed by atoms with van der Waals surface area (Å²) < 4.78 is 10.6. The Labute approximate surface area is 110 Å². The predicted octanol–water partition coefficient (Wildman–Crippen LogP) is 3.27. The van der Waals surface area contributed by atoms with Crippen LogP contribution in [0.3, 0.4) is 0 Å². The maximum absolute atomic E-state index is 9.66. The van der Waals surface area contributed by atoms with E-state index in [1.54, 1.807) is 31.2 Å². The number of aromatic nitrogens is 1. The van der Waals surface area contributed by atoms with E-state index in [1.807, 2.05) is 6.92 Å². The molecule has 1 heterocycles. The topological polar surface area (TPSA) is 55.5 Å². The third-order valence-electron chi connectivity index (χ3n) is 2.47. The van der Waals surface area contributed by atoms with Crippen molar-refractivity contribution in [2.24, 2.45) is 0 Å². The van der Waals surface area contributed by atoms with Gasteiger partial charge in [-0.3, -0.25) is 0 Å². The molecule has 1 aromatic heterocycles. The lowest BCUT2D eigenvalue weighted by molar-refractivity contribution is 0.186. The lowest BCUT2D eigenvalue weighted by atomic mass is 10.1. The third-order valence-corrected chi connectivity index (χ3v) is 2.70.